The van der Waals surface area contributed by atoms with Crippen LogP contribution < -0.4 is 14.8 Å². The van der Waals surface area contributed by atoms with Gasteiger partial charge in [-0.15, -0.1) is 0 Å². The van der Waals surface area contributed by atoms with Gasteiger partial charge in [-0.3, -0.25) is 4.79 Å². The Morgan fingerprint density at radius 3 is 2.62 bits per heavy atom. The standard InChI is InChI=1S/C17H12ClN3O3/c1-23-16-6-11(8-19)2-5-15(16)24-10-17(22)21-14-7-13(18)4-3-12(14)9-20/h2-7H,10H2,1H3,(H,21,22). The molecule has 2 rings (SSSR count). The Morgan fingerprint density at radius 2 is 1.96 bits per heavy atom. The Morgan fingerprint density at radius 1 is 1.17 bits per heavy atom. The lowest BCUT2D eigenvalue weighted by Crippen LogP contribution is -2.20. The quantitative estimate of drug-likeness (QED) is 0.901. The largest absolute Gasteiger partial charge is 0.493 e. The van der Waals surface area contributed by atoms with E-state index in [0.29, 0.717) is 33.3 Å². The van der Waals surface area contributed by atoms with E-state index in [1.165, 1.54) is 25.3 Å². The van der Waals surface area contributed by atoms with Crippen LogP contribution in [0.1, 0.15) is 11.1 Å². The molecule has 0 bridgehead atoms. The maximum absolute atomic E-state index is 12.0. The third-order valence-electron chi connectivity index (χ3n) is 3.03. The van der Waals surface area contributed by atoms with Crippen molar-refractivity contribution < 1.29 is 14.3 Å². The molecule has 0 heterocycles. The number of anilines is 1. The van der Waals surface area contributed by atoms with Gasteiger partial charge in [0.25, 0.3) is 5.91 Å². The van der Waals surface area contributed by atoms with Gasteiger partial charge in [-0.1, -0.05) is 11.6 Å². The average molecular weight is 342 g/mol. The molecule has 0 aliphatic rings. The molecule has 0 atom stereocenters. The van der Waals surface area contributed by atoms with Crippen molar-refractivity contribution in [3.63, 3.8) is 0 Å². The Kier molecular flexibility index (Phi) is 5.62. The van der Waals surface area contributed by atoms with Gasteiger partial charge < -0.3 is 14.8 Å². The zero-order chi connectivity index (χ0) is 17.5. The molecule has 0 spiro atoms. The molecule has 1 N–H and O–H groups in total. The lowest BCUT2D eigenvalue weighted by molar-refractivity contribution is -0.118. The van der Waals surface area contributed by atoms with E-state index in [-0.39, 0.29) is 6.61 Å². The summed E-state index contributed by atoms with van der Waals surface area (Å²) in [4.78, 5) is 12.0. The van der Waals surface area contributed by atoms with E-state index in [4.69, 9.17) is 31.6 Å². The highest BCUT2D eigenvalue weighted by atomic mass is 35.5. The van der Waals surface area contributed by atoms with Gasteiger partial charge in [0.2, 0.25) is 0 Å². The molecule has 2 aromatic rings. The molecule has 24 heavy (non-hydrogen) atoms. The molecular formula is C17H12ClN3O3. The number of carbonyl (C=O) groups excluding carboxylic acids is 1. The summed E-state index contributed by atoms with van der Waals surface area (Å²) in [6, 6.07) is 13.1. The van der Waals surface area contributed by atoms with Crippen LogP contribution in [0.2, 0.25) is 5.02 Å². The predicted molar refractivity (Wildman–Crippen MR) is 88.0 cm³/mol. The van der Waals surface area contributed by atoms with Crippen molar-refractivity contribution in [2.24, 2.45) is 0 Å². The van der Waals surface area contributed by atoms with E-state index in [9.17, 15) is 4.79 Å². The fourth-order valence-electron chi connectivity index (χ4n) is 1.90. The summed E-state index contributed by atoms with van der Waals surface area (Å²) in [5.74, 6) is 0.223. The molecule has 0 fully saturated rings. The van der Waals surface area contributed by atoms with E-state index in [2.05, 4.69) is 5.32 Å². The summed E-state index contributed by atoms with van der Waals surface area (Å²) in [5.41, 5.74) is 1.02. The average Bonchev–Trinajstić information content (AvgIpc) is 2.60. The van der Waals surface area contributed by atoms with Gasteiger partial charge in [-0.25, -0.2) is 0 Å². The Bertz CT molecular complexity index is 853. The number of carbonyl (C=O) groups is 1. The van der Waals surface area contributed by atoms with Crippen LogP contribution in [0.25, 0.3) is 0 Å². The molecule has 0 unspecified atom stereocenters. The van der Waals surface area contributed by atoms with E-state index in [1.807, 2.05) is 12.1 Å². The van der Waals surface area contributed by atoms with Crippen LogP contribution >= 0.6 is 11.6 Å². The second-order valence-corrected chi connectivity index (χ2v) is 5.05. The number of benzene rings is 2. The van der Waals surface area contributed by atoms with Crippen molar-refractivity contribution in [1.29, 1.82) is 10.5 Å². The smallest absolute Gasteiger partial charge is 0.262 e. The third-order valence-corrected chi connectivity index (χ3v) is 3.26. The summed E-state index contributed by atoms with van der Waals surface area (Å²) in [6.07, 6.45) is 0. The van der Waals surface area contributed by atoms with Gasteiger partial charge in [-0.2, -0.15) is 10.5 Å². The molecule has 120 valence electrons. The molecule has 0 saturated heterocycles. The van der Waals surface area contributed by atoms with Crippen molar-refractivity contribution in [2.75, 3.05) is 19.0 Å². The minimum Gasteiger partial charge on any atom is -0.493 e. The fraction of sp³-hybridized carbons (Fsp3) is 0.118. The van der Waals surface area contributed by atoms with Crippen LogP contribution in [-0.4, -0.2) is 19.6 Å². The zero-order valence-corrected chi connectivity index (χ0v) is 13.4. The minimum absolute atomic E-state index is 0.292. The van der Waals surface area contributed by atoms with Crippen molar-refractivity contribution in [3.8, 4) is 23.6 Å². The lowest BCUT2D eigenvalue weighted by Gasteiger charge is -2.11. The monoisotopic (exact) mass is 341 g/mol. The SMILES string of the molecule is COc1cc(C#N)ccc1OCC(=O)Nc1cc(Cl)ccc1C#N. The summed E-state index contributed by atoms with van der Waals surface area (Å²) >= 11 is 5.86. The topological polar surface area (TPSA) is 95.1 Å². The molecule has 1 amide bonds. The highest BCUT2D eigenvalue weighted by molar-refractivity contribution is 6.31. The number of rotatable bonds is 5. The maximum Gasteiger partial charge on any atom is 0.262 e. The summed E-state index contributed by atoms with van der Waals surface area (Å²) < 4.78 is 10.5. The number of nitriles is 2. The number of nitrogens with one attached hydrogen (secondary N) is 1. The van der Waals surface area contributed by atoms with Crippen molar-refractivity contribution in [2.45, 2.75) is 0 Å². The van der Waals surface area contributed by atoms with Crippen LogP contribution in [0, 0.1) is 22.7 Å². The van der Waals surface area contributed by atoms with Crippen molar-refractivity contribution >= 4 is 23.2 Å². The van der Waals surface area contributed by atoms with Gasteiger partial charge in [-0.05, 0) is 30.3 Å². The first kappa shape index (κ1) is 17.1. The number of amides is 1. The molecule has 0 radical (unpaired) electrons. The van der Waals surface area contributed by atoms with Gasteiger partial charge in [0.1, 0.15) is 6.07 Å². The van der Waals surface area contributed by atoms with Crippen LogP contribution in [0.4, 0.5) is 5.69 Å². The fourth-order valence-corrected chi connectivity index (χ4v) is 2.08. The van der Waals surface area contributed by atoms with Crippen LogP contribution in [-0.2, 0) is 4.79 Å². The highest BCUT2D eigenvalue weighted by Crippen LogP contribution is 2.28. The van der Waals surface area contributed by atoms with E-state index >= 15 is 0 Å². The van der Waals surface area contributed by atoms with Crippen LogP contribution in [0.3, 0.4) is 0 Å². The predicted octanol–water partition coefficient (Wildman–Crippen LogP) is 3.11. The van der Waals surface area contributed by atoms with Gasteiger partial charge in [0, 0.05) is 11.1 Å². The van der Waals surface area contributed by atoms with E-state index in [0.717, 1.165) is 0 Å². The molecule has 0 saturated carbocycles. The van der Waals surface area contributed by atoms with Crippen LogP contribution in [0.5, 0.6) is 11.5 Å². The Balaban J connectivity index is 2.06. The lowest BCUT2D eigenvalue weighted by atomic mass is 10.2. The summed E-state index contributed by atoms with van der Waals surface area (Å²) in [5, 5.41) is 20.9. The van der Waals surface area contributed by atoms with Crippen LogP contribution in [0.15, 0.2) is 36.4 Å². The first-order chi connectivity index (χ1) is 11.6. The number of ether oxygens (including phenoxy) is 2. The minimum atomic E-state index is -0.458. The Labute approximate surface area is 143 Å². The number of methoxy groups -OCH3 is 1. The van der Waals surface area contributed by atoms with Gasteiger partial charge in [0.05, 0.1) is 30.0 Å². The number of hydrogen-bond acceptors (Lipinski definition) is 5. The normalized spacial score (nSPS) is 9.50. The first-order valence-corrected chi connectivity index (χ1v) is 7.15. The molecular weight excluding hydrogens is 330 g/mol. The number of nitrogens with zero attached hydrogens (tertiary/aromatic N) is 2. The van der Waals surface area contributed by atoms with Gasteiger partial charge in [0.15, 0.2) is 18.1 Å². The highest BCUT2D eigenvalue weighted by Gasteiger charge is 2.11. The second-order valence-electron chi connectivity index (χ2n) is 4.62. The van der Waals surface area contributed by atoms with E-state index in [1.54, 1.807) is 18.2 Å². The number of hydrogen-bond donors (Lipinski definition) is 1. The Hall–Kier alpha value is -3.22. The molecule has 0 aromatic heterocycles. The van der Waals surface area contributed by atoms with Crippen molar-refractivity contribution in [1.82, 2.24) is 0 Å². The summed E-state index contributed by atoms with van der Waals surface area (Å²) in [7, 11) is 1.44. The second kappa shape index (κ2) is 7.87. The molecule has 0 aliphatic heterocycles. The van der Waals surface area contributed by atoms with Gasteiger partial charge >= 0.3 is 0 Å². The molecule has 6 nitrogen and oxygen atoms in total. The zero-order valence-electron chi connectivity index (χ0n) is 12.7. The maximum atomic E-state index is 12.0. The number of halogens is 1. The van der Waals surface area contributed by atoms with Crippen molar-refractivity contribution in [3.05, 3.63) is 52.5 Å². The molecule has 0 aliphatic carbocycles. The first-order valence-electron chi connectivity index (χ1n) is 6.78. The molecule has 7 heteroatoms. The third kappa shape index (κ3) is 4.16. The summed E-state index contributed by atoms with van der Waals surface area (Å²) in [6.45, 7) is -0.292. The molecule has 2 aromatic carbocycles. The van der Waals surface area contributed by atoms with E-state index < -0.39 is 5.91 Å².